The van der Waals surface area contributed by atoms with E-state index in [0.717, 1.165) is 12.1 Å². The second kappa shape index (κ2) is 6.06. The highest BCUT2D eigenvalue weighted by molar-refractivity contribution is 5.14. The van der Waals surface area contributed by atoms with E-state index in [4.69, 9.17) is 0 Å². The Labute approximate surface area is 117 Å². The molecule has 0 spiro atoms. The first-order valence-electron chi connectivity index (χ1n) is 7.87. The summed E-state index contributed by atoms with van der Waals surface area (Å²) in [4.78, 5) is 2.68. The molecule has 2 aliphatic heterocycles. The van der Waals surface area contributed by atoms with E-state index in [1.165, 1.54) is 50.8 Å². The van der Waals surface area contributed by atoms with Gasteiger partial charge >= 0.3 is 0 Å². The van der Waals surface area contributed by atoms with Gasteiger partial charge in [0.05, 0.1) is 0 Å². The van der Waals surface area contributed by atoms with Crippen molar-refractivity contribution in [3.63, 3.8) is 0 Å². The number of rotatable bonds is 5. The zero-order chi connectivity index (χ0) is 13.1. The molecule has 3 unspecified atom stereocenters. The van der Waals surface area contributed by atoms with Gasteiger partial charge in [-0.15, -0.1) is 0 Å². The minimum atomic E-state index is 0.630. The minimum Gasteiger partial charge on any atom is -0.310 e. The molecule has 0 amide bonds. The maximum Gasteiger partial charge on any atom is 0.0250 e. The van der Waals surface area contributed by atoms with Crippen LogP contribution in [0.25, 0.3) is 0 Å². The molecule has 1 aromatic rings. The highest BCUT2D eigenvalue weighted by atomic mass is 15.2. The molecule has 0 aromatic heterocycles. The fourth-order valence-electron chi connectivity index (χ4n) is 3.75. The van der Waals surface area contributed by atoms with Crippen molar-refractivity contribution in [2.45, 2.75) is 57.2 Å². The monoisotopic (exact) mass is 258 g/mol. The van der Waals surface area contributed by atoms with Crippen molar-refractivity contribution in [1.29, 1.82) is 0 Å². The molecule has 3 atom stereocenters. The smallest absolute Gasteiger partial charge is 0.0250 e. The van der Waals surface area contributed by atoms with Gasteiger partial charge in [-0.1, -0.05) is 30.3 Å². The van der Waals surface area contributed by atoms with E-state index >= 15 is 0 Å². The summed E-state index contributed by atoms with van der Waals surface area (Å²) in [6.07, 6.45) is 6.59. The van der Waals surface area contributed by atoms with Crippen LogP contribution in [0, 0.1) is 0 Å². The van der Waals surface area contributed by atoms with Gasteiger partial charge < -0.3 is 5.32 Å². The standard InChI is InChI=1S/C17H26N2/c1-14(9-10-15-6-3-2-4-7-15)18-16-11-13-19-12-5-8-17(16)19/h2-4,6-7,14,16-18H,5,8-13H2,1H3. The molecule has 2 nitrogen and oxygen atoms in total. The third-order valence-electron chi connectivity index (χ3n) is 4.81. The van der Waals surface area contributed by atoms with Crippen molar-refractivity contribution < 1.29 is 0 Å². The van der Waals surface area contributed by atoms with Gasteiger partial charge in [0.15, 0.2) is 0 Å². The topological polar surface area (TPSA) is 15.3 Å². The summed E-state index contributed by atoms with van der Waals surface area (Å²) >= 11 is 0. The third-order valence-corrected chi connectivity index (χ3v) is 4.81. The maximum atomic E-state index is 3.88. The minimum absolute atomic E-state index is 0.630. The number of hydrogen-bond acceptors (Lipinski definition) is 2. The van der Waals surface area contributed by atoms with Crippen LogP contribution in [0.1, 0.15) is 38.2 Å². The SMILES string of the molecule is CC(CCc1ccccc1)NC1CCN2CCCC12. The van der Waals surface area contributed by atoms with Crippen LogP contribution in [-0.2, 0) is 6.42 Å². The third kappa shape index (κ3) is 3.18. The number of nitrogens with zero attached hydrogens (tertiary/aromatic N) is 1. The summed E-state index contributed by atoms with van der Waals surface area (Å²) in [5, 5.41) is 3.88. The van der Waals surface area contributed by atoms with E-state index in [2.05, 4.69) is 47.5 Å². The molecule has 2 aliphatic rings. The maximum absolute atomic E-state index is 3.88. The average Bonchev–Trinajstić information content (AvgIpc) is 3.03. The Balaban J connectivity index is 1.45. The van der Waals surface area contributed by atoms with Crippen LogP contribution < -0.4 is 5.32 Å². The molecule has 0 radical (unpaired) electrons. The molecule has 2 heterocycles. The van der Waals surface area contributed by atoms with Gasteiger partial charge in [0.1, 0.15) is 0 Å². The Hall–Kier alpha value is -0.860. The van der Waals surface area contributed by atoms with Gasteiger partial charge in [-0.3, -0.25) is 4.90 Å². The zero-order valence-corrected chi connectivity index (χ0v) is 12.0. The van der Waals surface area contributed by atoms with E-state index in [1.54, 1.807) is 0 Å². The number of nitrogens with one attached hydrogen (secondary N) is 1. The molecular formula is C17H26N2. The Kier molecular flexibility index (Phi) is 4.19. The lowest BCUT2D eigenvalue weighted by Crippen LogP contribution is -2.43. The summed E-state index contributed by atoms with van der Waals surface area (Å²) in [6, 6.07) is 13.1. The number of hydrogen-bond donors (Lipinski definition) is 1. The molecule has 2 heteroatoms. The van der Waals surface area contributed by atoms with Gasteiger partial charge in [-0.05, 0) is 51.1 Å². The van der Waals surface area contributed by atoms with Crippen LogP contribution >= 0.6 is 0 Å². The summed E-state index contributed by atoms with van der Waals surface area (Å²) in [7, 11) is 0. The first-order valence-corrected chi connectivity index (χ1v) is 7.87. The largest absolute Gasteiger partial charge is 0.310 e. The highest BCUT2D eigenvalue weighted by Gasteiger charge is 2.37. The van der Waals surface area contributed by atoms with Crippen LogP contribution in [0.5, 0.6) is 0 Å². The van der Waals surface area contributed by atoms with Gasteiger partial charge in [-0.2, -0.15) is 0 Å². The van der Waals surface area contributed by atoms with E-state index in [9.17, 15) is 0 Å². The van der Waals surface area contributed by atoms with Crippen molar-refractivity contribution in [2.24, 2.45) is 0 Å². The fraction of sp³-hybridized carbons (Fsp3) is 0.647. The van der Waals surface area contributed by atoms with Crippen LogP contribution in [0.4, 0.5) is 0 Å². The quantitative estimate of drug-likeness (QED) is 0.873. The number of fused-ring (bicyclic) bond motifs is 1. The Bertz CT molecular complexity index is 390. The van der Waals surface area contributed by atoms with Gasteiger partial charge in [0.25, 0.3) is 0 Å². The van der Waals surface area contributed by atoms with E-state index < -0.39 is 0 Å². The molecule has 0 saturated carbocycles. The first-order chi connectivity index (χ1) is 9.33. The molecule has 2 saturated heterocycles. The molecular weight excluding hydrogens is 232 g/mol. The Morgan fingerprint density at radius 3 is 2.89 bits per heavy atom. The van der Waals surface area contributed by atoms with Crippen LogP contribution in [-0.4, -0.2) is 36.1 Å². The van der Waals surface area contributed by atoms with Crippen molar-refractivity contribution >= 4 is 0 Å². The molecule has 19 heavy (non-hydrogen) atoms. The number of aryl methyl sites for hydroxylation is 1. The average molecular weight is 258 g/mol. The van der Waals surface area contributed by atoms with Crippen molar-refractivity contribution in [2.75, 3.05) is 13.1 Å². The van der Waals surface area contributed by atoms with Crippen molar-refractivity contribution in [3.05, 3.63) is 35.9 Å². The van der Waals surface area contributed by atoms with Crippen LogP contribution in [0.15, 0.2) is 30.3 Å². The van der Waals surface area contributed by atoms with E-state index in [1.807, 2.05) is 0 Å². The second-order valence-corrected chi connectivity index (χ2v) is 6.23. The number of benzene rings is 1. The summed E-state index contributed by atoms with van der Waals surface area (Å²) in [6.45, 7) is 5.00. The molecule has 0 bridgehead atoms. The molecule has 1 N–H and O–H groups in total. The van der Waals surface area contributed by atoms with Gasteiger partial charge in [-0.25, -0.2) is 0 Å². The Morgan fingerprint density at radius 1 is 1.21 bits per heavy atom. The second-order valence-electron chi connectivity index (χ2n) is 6.23. The van der Waals surface area contributed by atoms with Crippen molar-refractivity contribution in [3.8, 4) is 0 Å². The van der Waals surface area contributed by atoms with Gasteiger partial charge in [0.2, 0.25) is 0 Å². The highest BCUT2D eigenvalue weighted by Crippen LogP contribution is 2.28. The first kappa shape index (κ1) is 13.1. The summed E-state index contributed by atoms with van der Waals surface area (Å²) in [5.74, 6) is 0. The van der Waals surface area contributed by atoms with Crippen LogP contribution in [0.2, 0.25) is 0 Å². The van der Waals surface area contributed by atoms with E-state index in [0.29, 0.717) is 6.04 Å². The molecule has 0 aliphatic carbocycles. The lowest BCUT2D eigenvalue weighted by atomic mass is 10.0. The van der Waals surface area contributed by atoms with E-state index in [-0.39, 0.29) is 0 Å². The predicted molar refractivity (Wildman–Crippen MR) is 80.4 cm³/mol. The lowest BCUT2D eigenvalue weighted by Gasteiger charge is -2.25. The van der Waals surface area contributed by atoms with Gasteiger partial charge in [0, 0.05) is 24.7 Å². The Morgan fingerprint density at radius 2 is 2.05 bits per heavy atom. The zero-order valence-electron chi connectivity index (χ0n) is 12.0. The fourth-order valence-corrected chi connectivity index (χ4v) is 3.75. The molecule has 3 rings (SSSR count). The van der Waals surface area contributed by atoms with Crippen LogP contribution in [0.3, 0.4) is 0 Å². The predicted octanol–water partition coefficient (Wildman–Crippen LogP) is 2.83. The molecule has 2 fully saturated rings. The summed E-state index contributed by atoms with van der Waals surface area (Å²) in [5.41, 5.74) is 1.46. The molecule has 104 valence electrons. The lowest BCUT2D eigenvalue weighted by molar-refractivity contribution is 0.288. The van der Waals surface area contributed by atoms with Crippen molar-refractivity contribution in [1.82, 2.24) is 10.2 Å². The normalized spacial score (nSPS) is 28.5. The summed E-state index contributed by atoms with van der Waals surface area (Å²) < 4.78 is 0. The molecule has 1 aromatic carbocycles.